The number of nitrogens with one attached hydrogen (secondary N) is 1. The van der Waals surface area contributed by atoms with Gasteiger partial charge in [-0.1, -0.05) is 0 Å². The average molecular weight is 249 g/mol. The Morgan fingerprint density at radius 3 is 2.67 bits per heavy atom. The van der Waals surface area contributed by atoms with E-state index in [2.05, 4.69) is 5.32 Å². The summed E-state index contributed by atoms with van der Waals surface area (Å²) in [5.74, 6) is 1.52. The number of Topliss-reactive ketones (excluding diaryl/α,β-unsaturated/α-hetero) is 1. The SMILES string of the molecule is COc1ccc(C(=O)[C@@H]2CCCNC2)cc1OC. The van der Waals surface area contributed by atoms with Crippen molar-refractivity contribution in [2.75, 3.05) is 27.3 Å². The first-order valence-corrected chi connectivity index (χ1v) is 6.23. The summed E-state index contributed by atoms with van der Waals surface area (Å²) < 4.78 is 10.4. The van der Waals surface area contributed by atoms with E-state index in [4.69, 9.17) is 9.47 Å². The van der Waals surface area contributed by atoms with Crippen LogP contribution in [0.15, 0.2) is 18.2 Å². The number of methoxy groups -OCH3 is 2. The van der Waals surface area contributed by atoms with Gasteiger partial charge in [-0.05, 0) is 37.6 Å². The molecule has 1 atom stereocenters. The summed E-state index contributed by atoms with van der Waals surface area (Å²) in [7, 11) is 3.17. The molecule has 98 valence electrons. The lowest BCUT2D eigenvalue weighted by atomic mass is 9.91. The molecule has 1 aliphatic heterocycles. The molecule has 4 nitrogen and oxygen atoms in total. The second kappa shape index (κ2) is 5.87. The monoisotopic (exact) mass is 249 g/mol. The second-order valence-corrected chi connectivity index (χ2v) is 4.48. The molecule has 2 rings (SSSR count). The predicted octanol–water partition coefficient (Wildman–Crippen LogP) is 1.89. The summed E-state index contributed by atoms with van der Waals surface area (Å²) in [4.78, 5) is 12.3. The molecular weight excluding hydrogens is 230 g/mol. The zero-order valence-electron chi connectivity index (χ0n) is 10.9. The number of benzene rings is 1. The number of ketones is 1. The number of rotatable bonds is 4. The Morgan fingerprint density at radius 2 is 2.06 bits per heavy atom. The van der Waals surface area contributed by atoms with Crippen LogP contribution in [0, 0.1) is 5.92 Å². The molecule has 1 aromatic rings. The minimum atomic E-state index is 0.0804. The zero-order valence-corrected chi connectivity index (χ0v) is 10.9. The molecule has 1 aromatic carbocycles. The van der Waals surface area contributed by atoms with Crippen molar-refractivity contribution in [3.8, 4) is 11.5 Å². The van der Waals surface area contributed by atoms with Crippen molar-refractivity contribution < 1.29 is 14.3 Å². The fraction of sp³-hybridized carbons (Fsp3) is 0.500. The normalized spacial score (nSPS) is 19.3. The van der Waals surface area contributed by atoms with E-state index < -0.39 is 0 Å². The van der Waals surface area contributed by atoms with Gasteiger partial charge in [-0.15, -0.1) is 0 Å². The van der Waals surface area contributed by atoms with Crippen molar-refractivity contribution >= 4 is 5.78 Å². The first-order valence-electron chi connectivity index (χ1n) is 6.23. The Morgan fingerprint density at radius 1 is 1.28 bits per heavy atom. The zero-order chi connectivity index (χ0) is 13.0. The molecule has 0 aromatic heterocycles. The van der Waals surface area contributed by atoms with Gasteiger partial charge in [0, 0.05) is 18.0 Å². The van der Waals surface area contributed by atoms with Crippen LogP contribution in [0.5, 0.6) is 11.5 Å². The van der Waals surface area contributed by atoms with Gasteiger partial charge in [0.05, 0.1) is 14.2 Å². The van der Waals surface area contributed by atoms with Gasteiger partial charge in [-0.3, -0.25) is 4.79 Å². The third-order valence-electron chi connectivity index (χ3n) is 3.34. The quantitative estimate of drug-likeness (QED) is 0.828. The smallest absolute Gasteiger partial charge is 0.167 e. The molecule has 18 heavy (non-hydrogen) atoms. The summed E-state index contributed by atoms with van der Waals surface area (Å²) in [6.45, 7) is 1.78. The summed E-state index contributed by atoms with van der Waals surface area (Å²) in [5.41, 5.74) is 0.696. The number of piperidine rings is 1. The summed E-state index contributed by atoms with van der Waals surface area (Å²) in [6, 6.07) is 5.34. The van der Waals surface area contributed by atoms with E-state index in [-0.39, 0.29) is 11.7 Å². The molecule has 1 fully saturated rings. The fourth-order valence-electron chi connectivity index (χ4n) is 2.30. The highest BCUT2D eigenvalue weighted by atomic mass is 16.5. The van der Waals surface area contributed by atoms with E-state index in [0.717, 1.165) is 25.9 Å². The predicted molar refractivity (Wildman–Crippen MR) is 69.5 cm³/mol. The van der Waals surface area contributed by atoms with Crippen molar-refractivity contribution in [2.24, 2.45) is 5.92 Å². The first kappa shape index (κ1) is 12.9. The Balaban J connectivity index is 2.19. The van der Waals surface area contributed by atoms with Crippen LogP contribution in [0.1, 0.15) is 23.2 Å². The highest BCUT2D eigenvalue weighted by Gasteiger charge is 2.23. The van der Waals surface area contributed by atoms with Gasteiger partial charge in [-0.2, -0.15) is 0 Å². The molecule has 0 amide bonds. The second-order valence-electron chi connectivity index (χ2n) is 4.48. The van der Waals surface area contributed by atoms with Gasteiger partial charge in [0.2, 0.25) is 0 Å². The molecule has 0 saturated carbocycles. The highest BCUT2D eigenvalue weighted by molar-refractivity contribution is 5.98. The number of ether oxygens (including phenoxy) is 2. The molecule has 0 bridgehead atoms. The van der Waals surface area contributed by atoms with E-state index in [1.807, 2.05) is 0 Å². The summed E-state index contributed by atoms with van der Waals surface area (Å²) in [5, 5.41) is 3.26. The van der Waals surface area contributed by atoms with Gasteiger partial charge >= 0.3 is 0 Å². The lowest BCUT2D eigenvalue weighted by Crippen LogP contribution is -2.34. The van der Waals surface area contributed by atoms with E-state index >= 15 is 0 Å². The topological polar surface area (TPSA) is 47.6 Å². The van der Waals surface area contributed by atoms with Crippen molar-refractivity contribution in [1.29, 1.82) is 0 Å². The third kappa shape index (κ3) is 2.64. The van der Waals surface area contributed by atoms with Crippen LogP contribution in [0.25, 0.3) is 0 Å². The van der Waals surface area contributed by atoms with Crippen molar-refractivity contribution in [3.05, 3.63) is 23.8 Å². The van der Waals surface area contributed by atoms with Crippen LogP contribution in [0.4, 0.5) is 0 Å². The van der Waals surface area contributed by atoms with Gasteiger partial charge in [-0.25, -0.2) is 0 Å². The van der Waals surface area contributed by atoms with Gasteiger partial charge in [0.25, 0.3) is 0 Å². The van der Waals surface area contributed by atoms with E-state index in [9.17, 15) is 4.79 Å². The Kier molecular flexibility index (Phi) is 4.20. The number of hydrogen-bond acceptors (Lipinski definition) is 4. The minimum absolute atomic E-state index is 0.0804. The Labute approximate surface area is 107 Å². The lowest BCUT2D eigenvalue weighted by molar-refractivity contribution is 0.0899. The maximum Gasteiger partial charge on any atom is 0.167 e. The molecule has 1 aliphatic rings. The van der Waals surface area contributed by atoms with E-state index in [1.54, 1.807) is 32.4 Å². The first-order chi connectivity index (χ1) is 8.76. The Bertz CT molecular complexity index is 425. The maximum atomic E-state index is 12.3. The summed E-state index contributed by atoms with van der Waals surface area (Å²) >= 11 is 0. The molecular formula is C14H19NO3. The number of carbonyl (C=O) groups is 1. The molecule has 0 radical (unpaired) electrons. The van der Waals surface area contributed by atoms with Crippen molar-refractivity contribution in [2.45, 2.75) is 12.8 Å². The van der Waals surface area contributed by atoms with E-state index in [1.165, 1.54) is 0 Å². The molecule has 1 N–H and O–H groups in total. The van der Waals surface area contributed by atoms with Crippen LogP contribution in [-0.2, 0) is 0 Å². The van der Waals surface area contributed by atoms with Crippen LogP contribution in [-0.4, -0.2) is 33.1 Å². The van der Waals surface area contributed by atoms with Crippen LogP contribution in [0.2, 0.25) is 0 Å². The molecule has 1 saturated heterocycles. The van der Waals surface area contributed by atoms with Crippen molar-refractivity contribution in [1.82, 2.24) is 5.32 Å². The molecule has 1 heterocycles. The van der Waals surface area contributed by atoms with Gasteiger partial charge in [0.15, 0.2) is 17.3 Å². The highest BCUT2D eigenvalue weighted by Crippen LogP contribution is 2.29. The van der Waals surface area contributed by atoms with Crippen molar-refractivity contribution in [3.63, 3.8) is 0 Å². The maximum absolute atomic E-state index is 12.3. The van der Waals surface area contributed by atoms with Crippen LogP contribution < -0.4 is 14.8 Å². The Hall–Kier alpha value is -1.55. The molecule has 4 heteroatoms. The molecule has 0 spiro atoms. The van der Waals surface area contributed by atoms with Crippen LogP contribution >= 0.6 is 0 Å². The van der Waals surface area contributed by atoms with Gasteiger partial charge in [0.1, 0.15) is 0 Å². The third-order valence-corrected chi connectivity index (χ3v) is 3.34. The minimum Gasteiger partial charge on any atom is -0.493 e. The lowest BCUT2D eigenvalue weighted by Gasteiger charge is -2.21. The number of hydrogen-bond donors (Lipinski definition) is 1. The largest absolute Gasteiger partial charge is 0.493 e. The number of carbonyl (C=O) groups excluding carboxylic acids is 1. The van der Waals surface area contributed by atoms with E-state index in [0.29, 0.717) is 17.1 Å². The fourth-order valence-corrected chi connectivity index (χ4v) is 2.30. The van der Waals surface area contributed by atoms with Crippen LogP contribution in [0.3, 0.4) is 0 Å². The van der Waals surface area contributed by atoms with Gasteiger partial charge < -0.3 is 14.8 Å². The average Bonchev–Trinajstić information content (AvgIpc) is 2.46. The standard InChI is InChI=1S/C14H19NO3/c1-17-12-6-5-10(8-13(12)18-2)14(16)11-4-3-7-15-9-11/h5-6,8,11,15H,3-4,7,9H2,1-2H3/t11-/m1/s1. The molecule has 0 aliphatic carbocycles. The summed E-state index contributed by atoms with van der Waals surface area (Å²) in [6.07, 6.45) is 2.02. The molecule has 0 unspecified atom stereocenters.